The molecule has 0 spiro atoms. The fourth-order valence-electron chi connectivity index (χ4n) is 5.88. The molecule has 0 amide bonds. The first-order valence-corrected chi connectivity index (χ1v) is 15.7. The van der Waals surface area contributed by atoms with Gasteiger partial charge in [-0.2, -0.15) is 47.9 Å². The maximum Gasteiger partial charge on any atom is 0.460 e. The molecular weight excluding hydrogens is 663 g/mol. The lowest BCUT2D eigenvalue weighted by Crippen LogP contribution is -2.63. The van der Waals surface area contributed by atoms with Gasteiger partial charge in [-0.1, -0.05) is 72.8 Å². The van der Waals surface area contributed by atoms with Gasteiger partial charge in [0.1, 0.15) is 18.1 Å². The Bertz CT molecular complexity index is 1740. The fraction of sp³-hybridized carbons (Fsp3) is 0.333. The van der Waals surface area contributed by atoms with E-state index in [2.05, 4.69) is 10.3 Å². The summed E-state index contributed by atoms with van der Waals surface area (Å²) in [5, 5.41) is -6.95. The molecule has 2 aliphatic carbocycles. The van der Waals surface area contributed by atoms with Crippen LogP contribution in [-0.4, -0.2) is 31.7 Å². The lowest BCUT2D eigenvalue weighted by molar-refractivity contribution is -0.382. The second-order valence-electron chi connectivity index (χ2n) is 11.3. The average Bonchev–Trinajstić information content (AvgIpc) is 3.03. The molecule has 0 heterocycles. The topological polar surface area (TPSA) is 52.6 Å². The first-order valence-electron chi connectivity index (χ1n) is 14.3. The van der Waals surface area contributed by atoms with Gasteiger partial charge in [0.15, 0.2) is 0 Å². The van der Waals surface area contributed by atoms with Gasteiger partial charge in [0.05, 0.1) is 0 Å². The predicted octanol–water partition coefficient (Wildman–Crippen LogP) is 9.23. The molecule has 1 unspecified atom stereocenters. The third-order valence-electron chi connectivity index (χ3n) is 8.31. The van der Waals surface area contributed by atoms with Gasteiger partial charge in [-0.25, -0.2) is 0 Å². The van der Waals surface area contributed by atoms with Gasteiger partial charge in [-0.3, -0.25) is 0 Å². The highest BCUT2D eigenvalue weighted by molar-refractivity contribution is 7.88. The minimum atomic E-state index is -7.39. The summed E-state index contributed by atoms with van der Waals surface area (Å²) in [5.41, 5.74) is 3.43. The smallest absolute Gasteiger partial charge is 0.460 e. The SMILES string of the molecule is O=S(=O)(Oc1ccc([C@@H]2c3ccc(OCc4ccccc4)cc3CC[C@@H]2C2C=CC=CC2)cc1)C(F)(F)C(F)(F)C(F)(F)C(F)(F)F. The van der Waals surface area contributed by atoms with E-state index >= 15 is 0 Å². The van der Waals surface area contributed by atoms with E-state index in [1.54, 1.807) is 6.07 Å². The third kappa shape index (κ3) is 6.48. The second-order valence-corrected chi connectivity index (χ2v) is 12.9. The number of fused-ring (bicyclic) bond motifs is 1. The Morgan fingerprint density at radius 1 is 0.766 bits per heavy atom. The van der Waals surface area contributed by atoms with Crippen molar-refractivity contribution in [3.8, 4) is 11.5 Å². The van der Waals surface area contributed by atoms with Gasteiger partial charge in [-0.05, 0) is 77.6 Å². The Kier molecular flexibility index (Phi) is 9.21. The number of alkyl halides is 9. The minimum Gasteiger partial charge on any atom is -0.489 e. The number of allylic oxidation sites excluding steroid dienone is 4. The Labute approximate surface area is 264 Å². The van der Waals surface area contributed by atoms with E-state index in [-0.39, 0.29) is 17.8 Å². The Hall–Kier alpha value is -3.94. The normalized spacial score (nSPS) is 20.5. The van der Waals surface area contributed by atoms with E-state index in [9.17, 15) is 47.9 Å². The second kappa shape index (κ2) is 12.6. The molecule has 0 radical (unpaired) electrons. The molecule has 14 heteroatoms. The lowest BCUT2D eigenvalue weighted by Gasteiger charge is -2.38. The van der Waals surface area contributed by atoms with Crippen LogP contribution in [0.25, 0.3) is 0 Å². The zero-order valence-corrected chi connectivity index (χ0v) is 25.1. The van der Waals surface area contributed by atoms with E-state index < -0.39 is 39.1 Å². The van der Waals surface area contributed by atoms with Crippen molar-refractivity contribution in [3.05, 3.63) is 119 Å². The molecule has 3 aromatic carbocycles. The standard InChI is InChI=1S/C33H27F9O4S/c34-30(35,32(38,39)40)31(36,37)33(41,42)47(43,44)46-25-14-11-23(12-15-25)29-27(22-9-5-2-6-10-22)17-13-24-19-26(16-18-28(24)29)45-20-21-7-3-1-4-8-21/h1-9,11-12,14-16,18-19,22,27,29H,10,13,17,20H2/t22?,27-,29+/m1/s1. The molecule has 252 valence electrons. The molecule has 4 nitrogen and oxygen atoms in total. The average molecular weight is 691 g/mol. The zero-order chi connectivity index (χ0) is 34.3. The summed E-state index contributed by atoms with van der Waals surface area (Å²) in [6.45, 7) is 0.341. The quantitative estimate of drug-likeness (QED) is 0.157. The van der Waals surface area contributed by atoms with Crippen molar-refractivity contribution in [1.29, 1.82) is 0 Å². The Morgan fingerprint density at radius 2 is 1.43 bits per heavy atom. The molecule has 0 saturated heterocycles. The number of rotatable bonds is 10. The van der Waals surface area contributed by atoms with Crippen molar-refractivity contribution >= 4 is 10.1 Å². The van der Waals surface area contributed by atoms with Gasteiger partial charge in [-0.15, -0.1) is 0 Å². The summed E-state index contributed by atoms with van der Waals surface area (Å²) in [4.78, 5) is 0. The molecule has 0 fully saturated rings. The monoisotopic (exact) mass is 690 g/mol. The van der Waals surface area contributed by atoms with Crippen LogP contribution in [0, 0.1) is 11.8 Å². The van der Waals surface area contributed by atoms with Gasteiger partial charge in [0.25, 0.3) is 0 Å². The van der Waals surface area contributed by atoms with Crippen molar-refractivity contribution in [2.75, 3.05) is 0 Å². The van der Waals surface area contributed by atoms with E-state index in [0.29, 0.717) is 24.3 Å². The molecule has 47 heavy (non-hydrogen) atoms. The van der Waals surface area contributed by atoms with Crippen LogP contribution in [0.1, 0.15) is 41.0 Å². The van der Waals surface area contributed by atoms with Crippen LogP contribution in [0.5, 0.6) is 11.5 Å². The van der Waals surface area contributed by atoms with Gasteiger partial charge < -0.3 is 8.92 Å². The summed E-state index contributed by atoms with van der Waals surface area (Å²) >= 11 is 0. The van der Waals surface area contributed by atoms with Gasteiger partial charge in [0, 0.05) is 5.92 Å². The summed E-state index contributed by atoms with van der Waals surface area (Å²) in [6, 6.07) is 19.5. The molecular formula is C33H27F9O4S. The zero-order valence-electron chi connectivity index (χ0n) is 24.2. The molecule has 3 atom stereocenters. The van der Waals surface area contributed by atoms with Crippen LogP contribution in [0.2, 0.25) is 0 Å². The van der Waals surface area contributed by atoms with Crippen LogP contribution in [0.15, 0.2) is 97.1 Å². The minimum absolute atomic E-state index is 0.0166. The molecule has 5 rings (SSSR count). The highest BCUT2D eigenvalue weighted by atomic mass is 32.2. The van der Waals surface area contributed by atoms with Crippen LogP contribution >= 0.6 is 0 Å². The number of aryl methyl sites for hydroxylation is 1. The molecule has 2 aliphatic rings. The molecule has 0 aromatic heterocycles. The van der Waals surface area contributed by atoms with E-state index in [4.69, 9.17) is 4.74 Å². The van der Waals surface area contributed by atoms with Crippen LogP contribution in [-0.2, 0) is 23.1 Å². The predicted molar refractivity (Wildman–Crippen MR) is 154 cm³/mol. The van der Waals surface area contributed by atoms with Crippen LogP contribution in [0.3, 0.4) is 0 Å². The van der Waals surface area contributed by atoms with Crippen molar-refractivity contribution in [3.63, 3.8) is 0 Å². The van der Waals surface area contributed by atoms with E-state index in [1.807, 2.05) is 60.7 Å². The summed E-state index contributed by atoms with van der Waals surface area (Å²) < 4.78 is 154. The first kappa shape index (κ1) is 34.4. The number of hydrogen-bond donors (Lipinski definition) is 0. The van der Waals surface area contributed by atoms with Crippen molar-refractivity contribution in [1.82, 2.24) is 0 Å². The summed E-state index contributed by atoms with van der Waals surface area (Å²) in [5.74, 6) is -15.3. The number of hydrogen-bond acceptors (Lipinski definition) is 4. The molecule has 0 saturated carbocycles. The largest absolute Gasteiger partial charge is 0.489 e. The summed E-state index contributed by atoms with van der Waals surface area (Å²) in [6.07, 6.45) is 2.89. The van der Waals surface area contributed by atoms with Crippen molar-refractivity contribution in [2.24, 2.45) is 11.8 Å². The third-order valence-corrected chi connectivity index (χ3v) is 9.61. The first-order chi connectivity index (χ1) is 22.0. The number of benzene rings is 3. The van der Waals surface area contributed by atoms with Crippen LogP contribution in [0.4, 0.5) is 39.5 Å². The summed E-state index contributed by atoms with van der Waals surface area (Å²) in [7, 11) is -7.05. The highest BCUT2D eigenvalue weighted by Gasteiger charge is 2.86. The molecule has 0 aliphatic heterocycles. The van der Waals surface area contributed by atoms with E-state index in [0.717, 1.165) is 41.7 Å². The molecule has 0 N–H and O–H groups in total. The molecule has 0 bridgehead atoms. The maximum absolute atomic E-state index is 14.2. The highest BCUT2D eigenvalue weighted by Crippen LogP contribution is 2.55. The van der Waals surface area contributed by atoms with Crippen molar-refractivity contribution in [2.45, 2.75) is 55.1 Å². The van der Waals surface area contributed by atoms with Crippen LogP contribution < -0.4 is 8.92 Å². The molecule has 3 aromatic rings. The fourth-order valence-corrected chi connectivity index (χ4v) is 6.80. The van der Waals surface area contributed by atoms with E-state index in [1.165, 1.54) is 12.1 Å². The number of halogens is 9. The maximum atomic E-state index is 14.2. The lowest BCUT2D eigenvalue weighted by atomic mass is 9.66. The van der Waals surface area contributed by atoms with Gasteiger partial charge in [0.2, 0.25) is 0 Å². The van der Waals surface area contributed by atoms with Crippen molar-refractivity contribution < 1.29 is 56.9 Å². The van der Waals surface area contributed by atoms with Gasteiger partial charge >= 0.3 is 33.4 Å². The number of ether oxygens (including phenoxy) is 1. The Morgan fingerprint density at radius 3 is 2.04 bits per heavy atom. The Balaban J connectivity index is 1.42.